The number of hydrogen-bond donors (Lipinski definition) is 1. The number of thiol groups is 1. The maximum absolute atomic E-state index is 11.7. The summed E-state index contributed by atoms with van der Waals surface area (Å²) in [7, 11) is 0. The van der Waals surface area contributed by atoms with Crippen molar-refractivity contribution in [1.29, 1.82) is 0 Å². The Morgan fingerprint density at radius 2 is 1.92 bits per heavy atom. The van der Waals surface area contributed by atoms with Gasteiger partial charge in [-0.15, -0.1) is 25.8 Å². The van der Waals surface area contributed by atoms with Crippen molar-refractivity contribution in [3.05, 3.63) is 23.2 Å². The molecule has 0 aromatic heterocycles. The van der Waals surface area contributed by atoms with Gasteiger partial charge in [0.1, 0.15) is 5.75 Å². The molecule has 0 aliphatic heterocycles. The maximum Gasteiger partial charge on any atom is 0.573 e. The molecule has 6 heteroatoms. The van der Waals surface area contributed by atoms with Gasteiger partial charge in [-0.05, 0) is 12.1 Å². The highest BCUT2D eigenvalue weighted by Crippen LogP contribution is 2.33. The molecule has 0 saturated heterocycles. The van der Waals surface area contributed by atoms with E-state index in [4.69, 9.17) is 11.6 Å². The number of halogens is 4. The van der Waals surface area contributed by atoms with Crippen LogP contribution in [0.3, 0.4) is 0 Å². The summed E-state index contributed by atoms with van der Waals surface area (Å²) in [6.07, 6.45) is -4.73. The largest absolute Gasteiger partial charge is 0.573 e. The first-order valence-electron chi connectivity index (χ1n) is 3.13. The van der Waals surface area contributed by atoms with Crippen molar-refractivity contribution in [3.8, 4) is 5.75 Å². The summed E-state index contributed by atoms with van der Waals surface area (Å²) < 4.78 is 38.9. The Hall–Kier alpha value is -0.550. The van der Waals surface area contributed by atoms with Crippen molar-refractivity contribution >= 4 is 24.2 Å². The van der Waals surface area contributed by atoms with Gasteiger partial charge in [-0.2, -0.15) is 0 Å². The zero-order valence-electron chi connectivity index (χ0n) is 6.10. The molecule has 0 fully saturated rings. The first-order chi connectivity index (χ1) is 5.90. The highest BCUT2D eigenvalue weighted by atomic mass is 35.5. The molecule has 1 rings (SSSR count). The molecule has 72 valence electrons. The Balaban J connectivity index is 2.96. The predicted octanol–water partition coefficient (Wildman–Crippen LogP) is 3.53. The van der Waals surface area contributed by atoms with Gasteiger partial charge in [0.2, 0.25) is 0 Å². The second-order valence-corrected chi connectivity index (χ2v) is 3.00. The van der Waals surface area contributed by atoms with E-state index < -0.39 is 12.1 Å². The minimum Gasteiger partial charge on any atom is -0.404 e. The van der Waals surface area contributed by atoms with Crippen LogP contribution < -0.4 is 4.74 Å². The van der Waals surface area contributed by atoms with Crippen molar-refractivity contribution < 1.29 is 17.9 Å². The minimum absolute atomic E-state index is 0.150. The van der Waals surface area contributed by atoms with E-state index in [1.54, 1.807) is 0 Å². The van der Waals surface area contributed by atoms with Crippen molar-refractivity contribution in [2.24, 2.45) is 0 Å². The molecule has 0 saturated carbocycles. The molecular formula is C7H4ClF3OS. The van der Waals surface area contributed by atoms with E-state index in [1.807, 2.05) is 0 Å². The van der Waals surface area contributed by atoms with Gasteiger partial charge in [0.05, 0.1) is 5.02 Å². The van der Waals surface area contributed by atoms with Crippen LogP contribution in [0.25, 0.3) is 0 Å². The zero-order valence-corrected chi connectivity index (χ0v) is 7.75. The molecule has 13 heavy (non-hydrogen) atoms. The van der Waals surface area contributed by atoms with Gasteiger partial charge in [0.15, 0.2) is 0 Å². The van der Waals surface area contributed by atoms with Crippen LogP contribution in [0.2, 0.25) is 5.02 Å². The third-order valence-corrected chi connectivity index (χ3v) is 2.06. The SMILES string of the molecule is FC(F)(F)Oc1cccc(S)c1Cl. The quantitative estimate of drug-likeness (QED) is 0.724. The Morgan fingerprint density at radius 3 is 2.46 bits per heavy atom. The predicted molar refractivity (Wildman–Crippen MR) is 45.4 cm³/mol. The summed E-state index contributed by atoms with van der Waals surface area (Å²) in [5.41, 5.74) is 0. The van der Waals surface area contributed by atoms with E-state index in [0.29, 0.717) is 0 Å². The molecule has 0 radical (unpaired) electrons. The van der Waals surface area contributed by atoms with Gasteiger partial charge >= 0.3 is 6.36 Å². The number of benzene rings is 1. The number of rotatable bonds is 1. The second kappa shape index (κ2) is 3.67. The summed E-state index contributed by atoms with van der Waals surface area (Å²) in [4.78, 5) is 0.239. The maximum atomic E-state index is 11.7. The van der Waals surface area contributed by atoms with Crippen LogP contribution in [0, 0.1) is 0 Å². The molecule has 0 aliphatic rings. The van der Waals surface area contributed by atoms with Crippen LogP contribution in [-0.4, -0.2) is 6.36 Å². The molecule has 0 N–H and O–H groups in total. The van der Waals surface area contributed by atoms with Crippen molar-refractivity contribution in [2.75, 3.05) is 0 Å². The Bertz CT molecular complexity index is 313. The molecule has 0 bridgehead atoms. The third kappa shape index (κ3) is 3.00. The summed E-state index contributed by atoms with van der Waals surface area (Å²) >= 11 is 9.34. The lowest BCUT2D eigenvalue weighted by atomic mass is 10.3. The van der Waals surface area contributed by atoms with Gasteiger partial charge in [0, 0.05) is 4.90 Å². The van der Waals surface area contributed by atoms with Crippen LogP contribution in [0.5, 0.6) is 5.75 Å². The number of ether oxygens (including phenoxy) is 1. The topological polar surface area (TPSA) is 9.23 Å². The molecular weight excluding hydrogens is 225 g/mol. The molecule has 1 aromatic carbocycles. The van der Waals surface area contributed by atoms with Gasteiger partial charge in [-0.1, -0.05) is 17.7 Å². The minimum atomic E-state index is -4.73. The van der Waals surface area contributed by atoms with Gasteiger partial charge in [0.25, 0.3) is 0 Å². The highest BCUT2D eigenvalue weighted by Gasteiger charge is 2.32. The molecule has 0 atom stereocenters. The van der Waals surface area contributed by atoms with Crippen LogP contribution in [-0.2, 0) is 0 Å². The molecule has 0 heterocycles. The molecule has 0 spiro atoms. The van der Waals surface area contributed by atoms with Gasteiger partial charge in [-0.3, -0.25) is 0 Å². The summed E-state index contributed by atoms with van der Waals surface area (Å²) in [6, 6.07) is 3.96. The lowest BCUT2D eigenvalue weighted by molar-refractivity contribution is -0.274. The molecule has 1 aromatic rings. The fourth-order valence-corrected chi connectivity index (χ4v) is 1.06. The fourth-order valence-electron chi connectivity index (χ4n) is 0.703. The first kappa shape index (κ1) is 10.5. The molecule has 0 amide bonds. The summed E-state index contributed by atoms with van der Waals surface area (Å²) in [5.74, 6) is -0.443. The van der Waals surface area contributed by atoms with Crippen LogP contribution in [0.1, 0.15) is 0 Å². The van der Waals surface area contributed by atoms with E-state index in [2.05, 4.69) is 17.4 Å². The lowest BCUT2D eigenvalue weighted by Crippen LogP contribution is -2.17. The monoisotopic (exact) mass is 228 g/mol. The normalized spacial score (nSPS) is 11.5. The third-order valence-electron chi connectivity index (χ3n) is 1.17. The highest BCUT2D eigenvalue weighted by molar-refractivity contribution is 7.80. The van der Waals surface area contributed by atoms with Gasteiger partial charge in [-0.25, -0.2) is 0 Å². The van der Waals surface area contributed by atoms with Crippen molar-refractivity contribution in [1.82, 2.24) is 0 Å². The molecule has 0 unspecified atom stereocenters. The van der Waals surface area contributed by atoms with E-state index >= 15 is 0 Å². The Labute approximate surface area is 82.9 Å². The molecule has 1 nitrogen and oxygen atoms in total. The second-order valence-electron chi connectivity index (χ2n) is 2.14. The van der Waals surface area contributed by atoms with Crippen LogP contribution >= 0.6 is 24.2 Å². The lowest BCUT2D eigenvalue weighted by Gasteiger charge is -2.10. The van der Waals surface area contributed by atoms with Crippen LogP contribution in [0.15, 0.2) is 23.1 Å². The Morgan fingerprint density at radius 1 is 1.31 bits per heavy atom. The summed E-state index contributed by atoms with van der Waals surface area (Å²) in [6.45, 7) is 0. The summed E-state index contributed by atoms with van der Waals surface area (Å²) in [5, 5.41) is -0.150. The van der Waals surface area contributed by atoms with Crippen LogP contribution in [0.4, 0.5) is 13.2 Å². The molecule has 0 aliphatic carbocycles. The van der Waals surface area contributed by atoms with Crippen molar-refractivity contribution in [3.63, 3.8) is 0 Å². The number of hydrogen-bond acceptors (Lipinski definition) is 2. The standard InChI is InChI=1S/C7H4ClF3OS/c8-6-4(12-7(9,10)11)2-1-3-5(6)13/h1-3,13H. The van der Waals surface area contributed by atoms with E-state index in [0.717, 1.165) is 6.07 Å². The number of alkyl halides is 3. The average molecular weight is 229 g/mol. The average Bonchev–Trinajstić information content (AvgIpc) is 1.96. The van der Waals surface area contributed by atoms with E-state index in [9.17, 15) is 13.2 Å². The van der Waals surface area contributed by atoms with E-state index in [-0.39, 0.29) is 9.92 Å². The Kier molecular flexibility index (Phi) is 2.98. The fraction of sp³-hybridized carbons (Fsp3) is 0.143. The zero-order chi connectivity index (χ0) is 10.1. The van der Waals surface area contributed by atoms with E-state index in [1.165, 1.54) is 12.1 Å². The van der Waals surface area contributed by atoms with Gasteiger partial charge < -0.3 is 4.74 Å². The first-order valence-corrected chi connectivity index (χ1v) is 3.96. The van der Waals surface area contributed by atoms with Crippen molar-refractivity contribution in [2.45, 2.75) is 11.3 Å². The smallest absolute Gasteiger partial charge is 0.404 e.